The van der Waals surface area contributed by atoms with Gasteiger partial charge < -0.3 is 25.8 Å². The van der Waals surface area contributed by atoms with Gasteiger partial charge in [-0.1, -0.05) is 24.3 Å². The second-order valence-corrected chi connectivity index (χ2v) is 7.19. The van der Waals surface area contributed by atoms with E-state index < -0.39 is 11.8 Å². The number of amides is 1. The van der Waals surface area contributed by atoms with Crippen molar-refractivity contribution in [1.82, 2.24) is 10.6 Å². The van der Waals surface area contributed by atoms with E-state index in [0.717, 1.165) is 22.4 Å². The van der Waals surface area contributed by atoms with Gasteiger partial charge in [-0.15, -0.1) is 0 Å². The number of aliphatic imine (C=N–C) groups is 1. The number of hydrogen-bond acceptors (Lipinski definition) is 4. The normalized spacial score (nSPS) is 12.3. The molecule has 1 atom stereocenters. The molecule has 7 nitrogen and oxygen atoms in total. The van der Waals surface area contributed by atoms with E-state index in [2.05, 4.69) is 15.6 Å². The topological polar surface area (TPSA) is 98.0 Å². The van der Waals surface area contributed by atoms with Crippen molar-refractivity contribution in [2.45, 2.75) is 19.9 Å². The van der Waals surface area contributed by atoms with Crippen LogP contribution < -0.4 is 21.1 Å². The van der Waals surface area contributed by atoms with Gasteiger partial charge in [-0.05, 0) is 42.7 Å². The van der Waals surface area contributed by atoms with Crippen LogP contribution >= 0.6 is 0 Å². The van der Waals surface area contributed by atoms with Crippen molar-refractivity contribution < 1.29 is 18.7 Å². The summed E-state index contributed by atoms with van der Waals surface area (Å²) in [6.45, 7) is 3.76. The lowest BCUT2D eigenvalue weighted by Crippen LogP contribution is -2.42. The molecule has 0 heterocycles. The van der Waals surface area contributed by atoms with Crippen LogP contribution in [0, 0.1) is 18.7 Å². The summed E-state index contributed by atoms with van der Waals surface area (Å²) in [6.07, 6.45) is 0.412. The van der Waals surface area contributed by atoms with E-state index in [1.165, 1.54) is 12.1 Å². The van der Waals surface area contributed by atoms with E-state index in [1.54, 1.807) is 26.3 Å². The molecule has 1 amide bonds. The van der Waals surface area contributed by atoms with Crippen molar-refractivity contribution in [3.05, 3.63) is 65.0 Å². The molecule has 2 aromatic carbocycles. The predicted octanol–water partition coefficient (Wildman–Crippen LogP) is 2.17. The van der Waals surface area contributed by atoms with Crippen LogP contribution in [0.5, 0.6) is 5.75 Å². The zero-order valence-corrected chi connectivity index (χ0v) is 18.3. The van der Waals surface area contributed by atoms with Crippen molar-refractivity contribution in [3.63, 3.8) is 0 Å². The number of primary amides is 1. The highest BCUT2D eigenvalue weighted by molar-refractivity contribution is 5.81. The molecule has 0 radical (unpaired) electrons. The standard InChI is InChI=1S/C23H31FN4O3/c1-16-4-7-18(21(12-16)31-11-10-30-3)14-27-23(26-2)28-15-19(22(25)29)13-17-5-8-20(24)9-6-17/h4-9,12,19H,10-11,13-15H2,1-3H3,(H2,25,29)(H2,26,27,28). The molecule has 0 saturated carbocycles. The number of rotatable bonds is 11. The van der Waals surface area contributed by atoms with Crippen LogP contribution in [-0.4, -0.2) is 45.8 Å². The molecular weight excluding hydrogens is 399 g/mol. The average Bonchev–Trinajstić information content (AvgIpc) is 2.75. The molecule has 168 valence electrons. The summed E-state index contributed by atoms with van der Waals surface area (Å²) < 4.78 is 24.0. The predicted molar refractivity (Wildman–Crippen MR) is 120 cm³/mol. The summed E-state index contributed by atoms with van der Waals surface area (Å²) in [5.74, 6) is 0.111. The van der Waals surface area contributed by atoms with Crippen LogP contribution in [0.4, 0.5) is 4.39 Å². The maximum atomic E-state index is 13.1. The molecule has 0 fully saturated rings. The summed E-state index contributed by atoms with van der Waals surface area (Å²) in [4.78, 5) is 16.1. The number of nitrogens with one attached hydrogen (secondary N) is 2. The highest BCUT2D eigenvalue weighted by Crippen LogP contribution is 2.20. The Morgan fingerprint density at radius 1 is 1.16 bits per heavy atom. The second kappa shape index (κ2) is 12.5. The monoisotopic (exact) mass is 430 g/mol. The first kappa shape index (κ1) is 24.1. The van der Waals surface area contributed by atoms with Gasteiger partial charge in [-0.2, -0.15) is 0 Å². The largest absolute Gasteiger partial charge is 0.491 e. The first-order valence-electron chi connectivity index (χ1n) is 10.1. The molecule has 0 spiro atoms. The Balaban J connectivity index is 1.94. The lowest BCUT2D eigenvalue weighted by atomic mass is 9.98. The van der Waals surface area contributed by atoms with E-state index in [0.29, 0.717) is 38.7 Å². The fourth-order valence-electron chi connectivity index (χ4n) is 2.97. The SMILES string of the molecule is CN=C(NCc1ccc(C)cc1OCCOC)NCC(Cc1ccc(F)cc1)C(N)=O. The van der Waals surface area contributed by atoms with Crippen LogP contribution in [-0.2, 0) is 22.5 Å². The van der Waals surface area contributed by atoms with Crippen LogP contribution in [0.25, 0.3) is 0 Å². The molecule has 2 aromatic rings. The van der Waals surface area contributed by atoms with Gasteiger partial charge in [0.1, 0.15) is 18.2 Å². The minimum atomic E-state index is -0.462. The van der Waals surface area contributed by atoms with Gasteiger partial charge in [0, 0.05) is 32.8 Å². The molecule has 0 bridgehead atoms. The van der Waals surface area contributed by atoms with Crippen molar-refractivity contribution in [3.8, 4) is 5.75 Å². The third-order valence-corrected chi connectivity index (χ3v) is 4.75. The van der Waals surface area contributed by atoms with Crippen molar-refractivity contribution in [2.75, 3.05) is 33.9 Å². The summed E-state index contributed by atoms with van der Waals surface area (Å²) >= 11 is 0. The van der Waals surface area contributed by atoms with E-state index in [1.807, 2.05) is 25.1 Å². The zero-order chi connectivity index (χ0) is 22.6. The molecule has 0 saturated heterocycles. The smallest absolute Gasteiger partial charge is 0.222 e. The number of halogens is 1. The molecule has 31 heavy (non-hydrogen) atoms. The van der Waals surface area contributed by atoms with Crippen LogP contribution in [0.1, 0.15) is 16.7 Å². The van der Waals surface area contributed by atoms with Gasteiger partial charge in [0.2, 0.25) is 5.91 Å². The fraction of sp³-hybridized carbons (Fsp3) is 0.391. The number of ether oxygens (including phenoxy) is 2. The molecule has 2 rings (SSSR count). The van der Waals surface area contributed by atoms with E-state index >= 15 is 0 Å². The Bertz CT molecular complexity index is 872. The van der Waals surface area contributed by atoms with Gasteiger partial charge >= 0.3 is 0 Å². The molecule has 0 aromatic heterocycles. The average molecular weight is 431 g/mol. The second-order valence-electron chi connectivity index (χ2n) is 7.19. The van der Waals surface area contributed by atoms with Gasteiger partial charge in [0.25, 0.3) is 0 Å². The number of benzene rings is 2. The zero-order valence-electron chi connectivity index (χ0n) is 18.3. The summed E-state index contributed by atoms with van der Waals surface area (Å²) in [5, 5.41) is 6.37. The van der Waals surface area contributed by atoms with E-state index in [-0.39, 0.29) is 5.82 Å². The lowest BCUT2D eigenvalue weighted by molar-refractivity contribution is -0.121. The Hall–Kier alpha value is -3.13. The number of carbonyl (C=O) groups is 1. The highest BCUT2D eigenvalue weighted by atomic mass is 19.1. The van der Waals surface area contributed by atoms with E-state index in [4.69, 9.17) is 15.2 Å². The number of nitrogens with two attached hydrogens (primary N) is 1. The van der Waals surface area contributed by atoms with Crippen molar-refractivity contribution in [2.24, 2.45) is 16.6 Å². The minimum absolute atomic E-state index is 0.303. The maximum absolute atomic E-state index is 13.1. The highest BCUT2D eigenvalue weighted by Gasteiger charge is 2.17. The van der Waals surface area contributed by atoms with E-state index in [9.17, 15) is 9.18 Å². The molecular formula is C23H31FN4O3. The number of methoxy groups -OCH3 is 1. The molecule has 0 aliphatic carbocycles. The van der Waals surface area contributed by atoms with Gasteiger partial charge in [-0.25, -0.2) is 4.39 Å². The Kier molecular flexibility index (Phi) is 9.77. The number of carbonyl (C=O) groups excluding carboxylic acids is 1. The minimum Gasteiger partial charge on any atom is -0.491 e. The number of aryl methyl sites for hydroxylation is 1. The van der Waals surface area contributed by atoms with Gasteiger partial charge in [0.05, 0.1) is 12.5 Å². The Morgan fingerprint density at radius 3 is 2.55 bits per heavy atom. The quantitative estimate of drug-likeness (QED) is 0.288. The Morgan fingerprint density at radius 2 is 1.90 bits per heavy atom. The number of hydrogen-bond donors (Lipinski definition) is 3. The van der Waals surface area contributed by atoms with Crippen LogP contribution in [0.15, 0.2) is 47.5 Å². The lowest BCUT2D eigenvalue weighted by Gasteiger charge is -2.18. The van der Waals surface area contributed by atoms with Gasteiger partial charge in [-0.3, -0.25) is 9.79 Å². The first-order valence-corrected chi connectivity index (χ1v) is 10.1. The summed E-state index contributed by atoms with van der Waals surface area (Å²) in [6, 6.07) is 12.0. The molecule has 0 aliphatic rings. The fourth-order valence-corrected chi connectivity index (χ4v) is 2.97. The molecule has 8 heteroatoms. The first-order chi connectivity index (χ1) is 14.9. The van der Waals surface area contributed by atoms with Crippen LogP contribution in [0.2, 0.25) is 0 Å². The van der Waals surface area contributed by atoms with Crippen LogP contribution in [0.3, 0.4) is 0 Å². The third-order valence-electron chi connectivity index (χ3n) is 4.75. The van der Waals surface area contributed by atoms with Gasteiger partial charge in [0.15, 0.2) is 5.96 Å². The third kappa shape index (κ3) is 8.25. The number of nitrogens with zero attached hydrogens (tertiary/aromatic N) is 1. The van der Waals surface area contributed by atoms with Crippen molar-refractivity contribution in [1.29, 1.82) is 0 Å². The maximum Gasteiger partial charge on any atom is 0.222 e. The number of guanidine groups is 1. The van der Waals surface area contributed by atoms with Crippen molar-refractivity contribution >= 4 is 11.9 Å². The molecule has 4 N–H and O–H groups in total. The molecule has 1 unspecified atom stereocenters. The summed E-state index contributed by atoms with van der Waals surface area (Å²) in [7, 11) is 3.28. The molecule has 0 aliphatic heterocycles. The Labute approximate surface area is 182 Å². The summed E-state index contributed by atoms with van der Waals surface area (Å²) in [5.41, 5.74) is 8.47.